The Morgan fingerprint density at radius 2 is 2.05 bits per heavy atom. The van der Waals surface area contributed by atoms with Crippen molar-refractivity contribution in [1.29, 1.82) is 0 Å². The highest BCUT2D eigenvalue weighted by atomic mass is 16.7. The highest BCUT2D eigenvalue weighted by molar-refractivity contribution is 5.88. The molecule has 4 aliphatic rings. The van der Waals surface area contributed by atoms with Crippen molar-refractivity contribution in [2.24, 2.45) is 23.2 Å². The van der Waals surface area contributed by atoms with E-state index < -0.39 is 11.2 Å². The third-order valence-corrected chi connectivity index (χ3v) is 5.81. The molecule has 2 bridgehead atoms. The van der Waals surface area contributed by atoms with Crippen LogP contribution in [0.25, 0.3) is 0 Å². The lowest BCUT2D eigenvalue weighted by atomic mass is 9.49. The maximum atomic E-state index is 12.7. The van der Waals surface area contributed by atoms with Crippen molar-refractivity contribution < 1.29 is 23.8 Å². The van der Waals surface area contributed by atoms with Gasteiger partial charge in [0.15, 0.2) is 5.79 Å². The fourth-order valence-electron chi connectivity index (χ4n) is 4.75. The first-order valence-corrected chi connectivity index (χ1v) is 8.31. The Bertz CT molecular complexity index is 485. The second-order valence-corrected chi connectivity index (χ2v) is 7.45. The molecule has 1 heterocycles. The number of Topliss-reactive ketones (excluding diaryl/α,β-unsaturated/α-hetero) is 1. The van der Waals surface area contributed by atoms with Crippen LogP contribution in [0, 0.1) is 23.2 Å². The number of rotatable bonds is 3. The predicted molar refractivity (Wildman–Crippen MR) is 79.0 cm³/mol. The minimum Gasteiger partial charge on any atom is -0.466 e. The lowest BCUT2D eigenvalue weighted by Crippen LogP contribution is -2.60. The topological polar surface area (TPSA) is 61.8 Å². The average Bonchev–Trinajstić information content (AvgIpc) is 2.80. The van der Waals surface area contributed by atoms with E-state index in [2.05, 4.69) is 0 Å². The molecule has 1 aliphatic heterocycles. The van der Waals surface area contributed by atoms with Gasteiger partial charge in [0.2, 0.25) is 0 Å². The Morgan fingerprint density at radius 3 is 2.59 bits per heavy atom. The zero-order valence-corrected chi connectivity index (χ0v) is 13.9. The van der Waals surface area contributed by atoms with E-state index in [0.717, 1.165) is 12.8 Å². The van der Waals surface area contributed by atoms with Crippen molar-refractivity contribution >= 4 is 11.8 Å². The van der Waals surface area contributed by atoms with Crippen LogP contribution in [0.5, 0.6) is 0 Å². The van der Waals surface area contributed by atoms with Crippen molar-refractivity contribution in [3.63, 3.8) is 0 Å². The first-order valence-electron chi connectivity index (χ1n) is 8.31. The number of ketones is 1. The third-order valence-electron chi connectivity index (χ3n) is 5.81. The van der Waals surface area contributed by atoms with Crippen LogP contribution < -0.4 is 0 Å². The van der Waals surface area contributed by atoms with Crippen LogP contribution in [0.15, 0.2) is 0 Å². The molecule has 5 nitrogen and oxygen atoms in total. The fraction of sp³-hybridized carbons (Fsp3) is 0.882. The molecule has 0 radical (unpaired) electrons. The molecule has 22 heavy (non-hydrogen) atoms. The Labute approximate surface area is 131 Å². The van der Waals surface area contributed by atoms with E-state index in [1.165, 1.54) is 0 Å². The molecule has 5 heteroatoms. The summed E-state index contributed by atoms with van der Waals surface area (Å²) in [6.07, 6.45) is 2.04. The number of carbonyl (C=O) groups excluding carboxylic acids is 2. The highest BCUT2D eigenvalue weighted by Crippen LogP contribution is 2.57. The van der Waals surface area contributed by atoms with E-state index >= 15 is 0 Å². The van der Waals surface area contributed by atoms with Gasteiger partial charge in [-0.2, -0.15) is 0 Å². The molecule has 0 N–H and O–H groups in total. The zero-order valence-electron chi connectivity index (χ0n) is 13.9. The minimum absolute atomic E-state index is 0.0568. The van der Waals surface area contributed by atoms with E-state index in [1.807, 2.05) is 27.7 Å². The quantitative estimate of drug-likeness (QED) is 0.749. The zero-order chi connectivity index (χ0) is 16.1. The molecular weight excluding hydrogens is 284 g/mol. The largest absolute Gasteiger partial charge is 0.466 e. The van der Waals surface area contributed by atoms with Gasteiger partial charge in [0.1, 0.15) is 5.78 Å². The van der Waals surface area contributed by atoms with Gasteiger partial charge in [0.25, 0.3) is 0 Å². The normalized spacial score (nSPS) is 43.4. The van der Waals surface area contributed by atoms with Gasteiger partial charge in [-0.1, -0.05) is 0 Å². The third kappa shape index (κ3) is 2.29. The van der Waals surface area contributed by atoms with Gasteiger partial charge >= 0.3 is 5.97 Å². The molecule has 0 unspecified atom stereocenters. The van der Waals surface area contributed by atoms with E-state index in [4.69, 9.17) is 14.2 Å². The SMILES string of the molecule is CCOC(=O)[C@@]1(C)[C@@H]2CC[C@@H](C(=O)C2)[C@@H]1[C@@H]1COC(C)(C)O1. The van der Waals surface area contributed by atoms with Crippen LogP contribution in [0.3, 0.4) is 0 Å². The summed E-state index contributed by atoms with van der Waals surface area (Å²) in [4.78, 5) is 25.1. The Kier molecular flexibility index (Phi) is 3.84. The fourth-order valence-corrected chi connectivity index (χ4v) is 4.75. The Morgan fingerprint density at radius 1 is 1.32 bits per heavy atom. The first kappa shape index (κ1) is 15.9. The molecule has 3 saturated carbocycles. The lowest BCUT2D eigenvalue weighted by molar-refractivity contribution is -0.196. The number of hydrogen-bond acceptors (Lipinski definition) is 5. The maximum absolute atomic E-state index is 12.7. The molecule has 124 valence electrons. The van der Waals surface area contributed by atoms with Crippen molar-refractivity contribution in [3.8, 4) is 0 Å². The van der Waals surface area contributed by atoms with Crippen molar-refractivity contribution in [2.75, 3.05) is 13.2 Å². The Hall–Kier alpha value is -0.940. The van der Waals surface area contributed by atoms with E-state index in [-0.39, 0.29) is 35.6 Å². The van der Waals surface area contributed by atoms with Crippen LogP contribution in [0.2, 0.25) is 0 Å². The predicted octanol–water partition coefficient (Wildman–Crippen LogP) is 2.32. The van der Waals surface area contributed by atoms with Gasteiger partial charge in [0.05, 0.1) is 24.7 Å². The van der Waals surface area contributed by atoms with E-state index in [0.29, 0.717) is 19.6 Å². The molecule has 0 aromatic carbocycles. The van der Waals surface area contributed by atoms with Gasteiger partial charge in [-0.25, -0.2) is 0 Å². The summed E-state index contributed by atoms with van der Waals surface area (Å²) in [5, 5.41) is 0. The second kappa shape index (κ2) is 5.31. The van der Waals surface area contributed by atoms with Crippen LogP contribution in [0.1, 0.15) is 47.0 Å². The van der Waals surface area contributed by atoms with Crippen molar-refractivity contribution in [1.82, 2.24) is 0 Å². The summed E-state index contributed by atoms with van der Waals surface area (Å²) in [7, 11) is 0. The smallest absolute Gasteiger partial charge is 0.312 e. The number of ether oxygens (including phenoxy) is 3. The molecule has 0 spiro atoms. The average molecular weight is 310 g/mol. The molecule has 0 amide bonds. The summed E-state index contributed by atoms with van der Waals surface area (Å²) in [6.45, 7) is 8.33. The monoisotopic (exact) mass is 310 g/mol. The Balaban J connectivity index is 1.95. The van der Waals surface area contributed by atoms with Gasteiger partial charge in [-0.15, -0.1) is 0 Å². The molecule has 0 aromatic rings. The number of fused-ring (bicyclic) bond motifs is 3. The molecule has 4 fully saturated rings. The van der Waals surface area contributed by atoms with Gasteiger partial charge in [-0.05, 0) is 46.5 Å². The molecule has 5 atom stereocenters. The molecule has 0 aromatic heterocycles. The molecular formula is C17H26O5. The maximum Gasteiger partial charge on any atom is 0.312 e. The van der Waals surface area contributed by atoms with E-state index in [1.54, 1.807) is 0 Å². The van der Waals surface area contributed by atoms with Gasteiger partial charge < -0.3 is 14.2 Å². The van der Waals surface area contributed by atoms with Gasteiger partial charge in [-0.3, -0.25) is 9.59 Å². The number of carbonyl (C=O) groups is 2. The number of esters is 1. The van der Waals surface area contributed by atoms with Crippen LogP contribution in [-0.2, 0) is 23.8 Å². The summed E-state index contributed by atoms with van der Waals surface area (Å²) in [6, 6.07) is 0. The van der Waals surface area contributed by atoms with Crippen molar-refractivity contribution in [2.45, 2.75) is 58.8 Å². The standard InChI is InChI=1S/C17H26O5/c1-5-20-15(19)17(4)10-6-7-11(12(18)8-10)14(17)13-9-21-16(2,3)22-13/h10-11,13-14H,5-9H2,1-4H3/t10-,11+,13+,14-,17+/m1/s1. The minimum atomic E-state index is -0.653. The van der Waals surface area contributed by atoms with E-state index in [9.17, 15) is 9.59 Å². The molecule has 3 aliphatic carbocycles. The highest BCUT2D eigenvalue weighted by Gasteiger charge is 2.63. The van der Waals surface area contributed by atoms with Crippen LogP contribution in [-0.4, -0.2) is 36.9 Å². The number of hydrogen-bond donors (Lipinski definition) is 0. The van der Waals surface area contributed by atoms with Crippen LogP contribution >= 0.6 is 0 Å². The molecule has 1 saturated heterocycles. The summed E-state index contributed by atoms with van der Waals surface area (Å²) in [5.41, 5.74) is -0.652. The lowest BCUT2D eigenvalue weighted by Gasteiger charge is -2.54. The summed E-state index contributed by atoms with van der Waals surface area (Å²) < 4.78 is 17.1. The second-order valence-electron chi connectivity index (χ2n) is 7.45. The summed E-state index contributed by atoms with van der Waals surface area (Å²) in [5.74, 6) is -0.761. The molecule has 4 rings (SSSR count). The summed E-state index contributed by atoms with van der Waals surface area (Å²) >= 11 is 0. The van der Waals surface area contributed by atoms with Gasteiger partial charge in [0, 0.05) is 18.3 Å². The van der Waals surface area contributed by atoms with Crippen LogP contribution in [0.4, 0.5) is 0 Å². The first-order chi connectivity index (χ1) is 10.3. The van der Waals surface area contributed by atoms with Crippen molar-refractivity contribution in [3.05, 3.63) is 0 Å².